The van der Waals surface area contributed by atoms with E-state index in [9.17, 15) is 9.90 Å². The predicted molar refractivity (Wildman–Crippen MR) is 60.5 cm³/mol. The van der Waals surface area contributed by atoms with Crippen molar-refractivity contribution in [2.24, 2.45) is 5.92 Å². The highest BCUT2D eigenvalue weighted by Crippen LogP contribution is 2.24. The van der Waals surface area contributed by atoms with Crippen LogP contribution in [0.5, 0.6) is 0 Å². The first-order valence-corrected chi connectivity index (χ1v) is 6.01. The summed E-state index contributed by atoms with van der Waals surface area (Å²) in [6.45, 7) is 7.01. The molecule has 1 unspecified atom stereocenters. The first-order valence-electron chi connectivity index (χ1n) is 6.01. The highest BCUT2D eigenvalue weighted by Gasteiger charge is 2.40. The van der Waals surface area contributed by atoms with Gasteiger partial charge in [-0.05, 0) is 19.8 Å². The van der Waals surface area contributed by atoms with Crippen LogP contribution in [0.3, 0.4) is 0 Å². The summed E-state index contributed by atoms with van der Waals surface area (Å²) in [4.78, 5) is 13.7. The molecule has 1 saturated heterocycles. The summed E-state index contributed by atoms with van der Waals surface area (Å²) in [6, 6.07) is 0. The van der Waals surface area contributed by atoms with Crippen molar-refractivity contribution in [3.63, 3.8) is 0 Å². The Balaban J connectivity index is 2.38. The van der Waals surface area contributed by atoms with Gasteiger partial charge in [-0.15, -0.1) is 0 Å². The van der Waals surface area contributed by atoms with E-state index in [2.05, 4.69) is 13.8 Å². The van der Waals surface area contributed by atoms with E-state index in [-0.39, 0.29) is 11.8 Å². The molecule has 1 atom stereocenters. The Bertz CT molecular complexity index is 218. The minimum atomic E-state index is -0.640. The zero-order chi connectivity index (χ0) is 11.5. The van der Waals surface area contributed by atoms with Crippen LogP contribution < -0.4 is 0 Å². The standard InChI is InChI=1S/C12H23NO2/c1-4-6-7-10(5-2)11(14)13-8-12(3,15)9-13/h10,15H,4-9H2,1-3H3. The maximum atomic E-state index is 12.0. The summed E-state index contributed by atoms with van der Waals surface area (Å²) in [5.74, 6) is 0.401. The first-order chi connectivity index (χ1) is 7.00. The van der Waals surface area contributed by atoms with Crippen LogP contribution in [0.25, 0.3) is 0 Å². The predicted octanol–water partition coefficient (Wildman–Crippen LogP) is 1.80. The van der Waals surface area contributed by atoms with Crippen LogP contribution in [0.1, 0.15) is 46.5 Å². The molecule has 1 amide bonds. The molecule has 0 saturated carbocycles. The van der Waals surface area contributed by atoms with E-state index < -0.39 is 5.60 Å². The fraction of sp³-hybridized carbons (Fsp3) is 0.917. The fourth-order valence-electron chi connectivity index (χ4n) is 2.14. The van der Waals surface area contributed by atoms with Gasteiger partial charge in [0.05, 0.1) is 18.7 Å². The number of carbonyl (C=O) groups is 1. The number of rotatable bonds is 5. The summed E-state index contributed by atoms with van der Waals surface area (Å²) in [5.41, 5.74) is -0.640. The molecule has 1 aliphatic heterocycles. The molecule has 0 aliphatic carbocycles. The number of nitrogens with zero attached hydrogens (tertiary/aromatic N) is 1. The van der Waals surface area contributed by atoms with Crippen LogP contribution in [0.4, 0.5) is 0 Å². The highest BCUT2D eigenvalue weighted by molar-refractivity contribution is 5.79. The normalized spacial score (nSPS) is 20.9. The second-order valence-electron chi connectivity index (χ2n) is 4.94. The molecule has 0 aromatic rings. The smallest absolute Gasteiger partial charge is 0.225 e. The molecular weight excluding hydrogens is 190 g/mol. The van der Waals surface area contributed by atoms with Crippen molar-refractivity contribution in [1.29, 1.82) is 0 Å². The van der Waals surface area contributed by atoms with Gasteiger partial charge in [-0.1, -0.05) is 26.7 Å². The molecule has 0 spiro atoms. The second kappa shape index (κ2) is 4.97. The Hall–Kier alpha value is -0.570. The minimum absolute atomic E-state index is 0.168. The molecule has 88 valence electrons. The highest BCUT2D eigenvalue weighted by atomic mass is 16.3. The number of carbonyl (C=O) groups excluding carboxylic acids is 1. The van der Waals surface area contributed by atoms with E-state index in [1.165, 1.54) is 0 Å². The number of amides is 1. The Morgan fingerprint density at radius 2 is 2.07 bits per heavy atom. The summed E-state index contributed by atoms with van der Waals surface area (Å²) in [6.07, 6.45) is 4.16. The molecule has 3 nitrogen and oxygen atoms in total. The van der Waals surface area contributed by atoms with Gasteiger partial charge in [-0.3, -0.25) is 4.79 Å². The SMILES string of the molecule is CCCCC(CC)C(=O)N1CC(C)(O)C1. The van der Waals surface area contributed by atoms with Gasteiger partial charge in [-0.25, -0.2) is 0 Å². The molecule has 1 heterocycles. The van der Waals surface area contributed by atoms with Crippen molar-refractivity contribution in [3.05, 3.63) is 0 Å². The fourth-order valence-corrected chi connectivity index (χ4v) is 2.14. The Morgan fingerprint density at radius 3 is 2.47 bits per heavy atom. The van der Waals surface area contributed by atoms with Gasteiger partial charge in [0.25, 0.3) is 0 Å². The van der Waals surface area contributed by atoms with Gasteiger partial charge in [0.2, 0.25) is 5.91 Å². The number of unbranched alkanes of at least 4 members (excludes halogenated alkanes) is 1. The number of hydrogen-bond donors (Lipinski definition) is 1. The second-order valence-corrected chi connectivity index (χ2v) is 4.94. The molecule has 1 fully saturated rings. The number of likely N-dealkylation sites (tertiary alicyclic amines) is 1. The van der Waals surface area contributed by atoms with E-state index >= 15 is 0 Å². The summed E-state index contributed by atoms with van der Waals surface area (Å²) >= 11 is 0. The van der Waals surface area contributed by atoms with Gasteiger partial charge in [0, 0.05) is 5.92 Å². The van der Waals surface area contributed by atoms with Crippen molar-refractivity contribution in [2.75, 3.05) is 13.1 Å². The van der Waals surface area contributed by atoms with E-state index in [1.54, 1.807) is 11.8 Å². The van der Waals surface area contributed by atoms with Crippen molar-refractivity contribution < 1.29 is 9.90 Å². The van der Waals surface area contributed by atoms with Gasteiger partial charge >= 0.3 is 0 Å². The molecule has 15 heavy (non-hydrogen) atoms. The Morgan fingerprint density at radius 1 is 1.47 bits per heavy atom. The van der Waals surface area contributed by atoms with Crippen molar-refractivity contribution in [2.45, 2.75) is 52.1 Å². The molecular formula is C12H23NO2. The average Bonchev–Trinajstić information content (AvgIpc) is 2.15. The molecule has 0 bridgehead atoms. The number of aliphatic hydroxyl groups is 1. The first kappa shape index (κ1) is 12.5. The third-order valence-corrected chi connectivity index (χ3v) is 3.12. The summed E-state index contributed by atoms with van der Waals surface area (Å²) < 4.78 is 0. The molecule has 1 N–H and O–H groups in total. The van der Waals surface area contributed by atoms with Gasteiger partial charge < -0.3 is 10.0 Å². The number of β-amino-alcohol motifs (C(OH)–C–C–N with tert-alkyl or cyclic N) is 1. The van der Waals surface area contributed by atoms with Gasteiger partial charge in [0.1, 0.15) is 0 Å². The lowest BCUT2D eigenvalue weighted by atomic mass is 9.91. The van der Waals surface area contributed by atoms with Gasteiger partial charge in [-0.2, -0.15) is 0 Å². The van der Waals surface area contributed by atoms with Gasteiger partial charge in [0.15, 0.2) is 0 Å². The monoisotopic (exact) mass is 213 g/mol. The quantitative estimate of drug-likeness (QED) is 0.756. The average molecular weight is 213 g/mol. The molecule has 0 radical (unpaired) electrons. The van der Waals surface area contributed by atoms with Crippen molar-refractivity contribution >= 4 is 5.91 Å². The Kier molecular flexibility index (Phi) is 4.14. The van der Waals surface area contributed by atoms with E-state index in [0.29, 0.717) is 13.1 Å². The zero-order valence-electron chi connectivity index (χ0n) is 10.1. The molecule has 0 aromatic heterocycles. The molecule has 0 aromatic carbocycles. The lowest BCUT2D eigenvalue weighted by molar-refractivity contribution is -0.157. The van der Waals surface area contributed by atoms with E-state index in [4.69, 9.17) is 0 Å². The maximum Gasteiger partial charge on any atom is 0.225 e. The lowest BCUT2D eigenvalue weighted by Crippen LogP contribution is -2.62. The number of hydrogen-bond acceptors (Lipinski definition) is 2. The Labute approximate surface area is 92.5 Å². The molecule has 1 rings (SSSR count). The van der Waals surface area contributed by atoms with Crippen molar-refractivity contribution in [3.8, 4) is 0 Å². The van der Waals surface area contributed by atoms with E-state index in [0.717, 1.165) is 25.7 Å². The third kappa shape index (κ3) is 3.20. The lowest BCUT2D eigenvalue weighted by Gasteiger charge is -2.45. The van der Waals surface area contributed by atoms with Crippen LogP contribution in [-0.2, 0) is 4.79 Å². The van der Waals surface area contributed by atoms with Crippen LogP contribution in [-0.4, -0.2) is 34.6 Å². The van der Waals surface area contributed by atoms with Crippen LogP contribution in [0.2, 0.25) is 0 Å². The van der Waals surface area contributed by atoms with Crippen LogP contribution >= 0.6 is 0 Å². The summed E-state index contributed by atoms with van der Waals surface area (Å²) in [5, 5.41) is 9.57. The van der Waals surface area contributed by atoms with E-state index in [1.807, 2.05) is 0 Å². The topological polar surface area (TPSA) is 40.5 Å². The van der Waals surface area contributed by atoms with Crippen molar-refractivity contribution in [1.82, 2.24) is 4.90 Å². The summed E-state index contributed by atoms with van der Waals surface area (Å²) in [7, 11) is 0. The molecule has 3 heteroatoms. The largest absolute Gasteiger partial charge is 0.386 e. The third-order valence-electron chi connectivity index (χ3n) is 3.12. The minimum Gasteiger partial charge on any atom is -0.386 e. The maximum absolute atomic E-state index is 12.0. The van der Waals surface area contributed by atoms with Crippen LogP contribution in [0, 0.1) is 5.92 Å². The zero-order valence-corrected chi connectivity index (χ0v) is 10.1. The molecule has 1 aliphatic rings. The van der Waals surface area contributed by atoms with Crippen LogP contribution in [0.15, 0.2) is 0 Å².